The molecule has 0 saturated carbocycles. The molecule has 4 rings (SSSR count). The van der Waals surface area contributed by atoms with Crippen LogP contribution in [0.4, 0.5) is 10.5 Å². The Morgan fingerprint density at radius 1 is 1.28 bits per heavy atom. The lowest BCUT2D eigenvalue weighted by atomic mass is 9.91. The van der Waals surface area contributed by atoms with Crippen molar-refractivity contribution in [2.24, 2.45) is 5.92 Å². The molecule has 7 nitrogen and oxygen atoms in total. The van der Waals surface area contributed by atoms with E-state index in [0.717, 1.165) is 73.1 Å². The van der Waals surface area contributed by atoms with Crippen LogP contribution in [0.15, 0.2) is 16.7 Å². The van der Waals surface area contributed by atoms with Crippen molar-refractivity contribution in [3.8, 4) is 0 Å². The summed E-state index contributed by atoms with van der Waals surface area (Å²) in [5.41, 5.74) is 3.23. The zero-order valence-corrected chi connectivity index (χ0v) is 17.4. The highest BCUT2D eigenvalue weighted by molar-refractivity contribution is 5.97. The molecule has 2 aromatic rings. The first-order valence-corrected chi connectivity index (χ1v) is 10.5. The summed E-state index contributed by atoms with van der Waals surface area (Å²) in [6.07, 6.45) is 4.91. The van der Waals surface area contributed by atoms with Gasteiger partial charge in [0.25, 0.3) is 0 Å². The van der Waals surface area contributed by atoms with Gasteiger partial charge in [-0.1, -0.05) is 5.16 Å². The number of aromatic nitrogens is 1. The molecule has 3 heterocycles. The van der Waals surface area contributed by atoms with Gasteiger partial charge >= 0.3 is 6.09 Å². The van der Waals surface area contributed by atoms with Gasteiger partial charge in [0, 0.05) is 36.7 Å². The molecular formula is C22H29N3O4. The lowest BCUT2D eigenvalue weighted by Gasteiger charge is -2.33. The molecule has 7 heteroatoms. The average molecular weight is 399 g/mol. The van der Waals surface area contributed by atoms with Gasteiger partial charge in [-0.15, -0.1) is 0 Å². The first kappa shape index (κ1) is 19.7. The maximum atomic E-state index is 12.2. The van der Waals surface area contributed by atoms with Crippen molar-refractivity contribution < 1.29 is 18.8 Å². The van der Waals surface area contributed by atoms with Crippen LogP contribution in [0.3, 0.4) is 0 Å². The molecular weight excluding hydrogens is 370 g/mol. The SMILES string of the molecule is CC(C)(C)OC(=O)N1CCC(CCc2noc3cc4c(cc23)CCC(=O)N4)CC1. The average Bonchev–Trinajstić information content (AvgIpc) is 3.05. The number of amides is 2. The monoisotopic (exact) mass is 399 g/mol. The maximum absolute atomic E-state index is 12.2. The number of ether oxygens (including phenoxy) is 1. The molecule has 1 aromatic heterocycles. The molecule has 0 radical (unpaired) electrons. The molecule has 1 saturated heterocycles. The van der Waals surface area contributed by atoms with Crippen LogP contribution in [0.2, 0.25) is 0 Å². The molecule has 1 aromatic carbocycles. The third kappa shape index (κ3) is 4.54. The van der Waals surface area contributed by atoms with Gasteiger partial charge in [-0.3, -0.25) is 4.79 Å². The Hall–Kier alpha value is -2.57. The number of nitrogens with one attached hydrogen (secondary N) is 1. The fourth-order valence-corrected chi connectivity index (χ4v) is 4.12. The number of fused-ring (bicyclic) bond motifs is 2. The second kappa shape index (κ2) is 7.69. The summed E-state index contributed by atoms with van der Waals surface area (Å²) in [4.78, 5) is 25.6. The molecule has 0 atom stereocenters. The Morgan fingerprint density at radius 2 is 2.03 bits per heavy atom. The molecule has 1 fully saturated rings. The molecule has 0 spiro atoms. The number of carbonyl (C=O) groups excluding carboxylic acids is 2. The summed E-state index contributed by atoms with van der Waals surface area (Å²) in [5, 5.41) is 8.23. The van der Waals surface area contributed by atoms with Gasteiger partial charge in [0.2, 0.25) is 5.91 Å². The summed E-state index contributed by atoms with van der Waals surface area (Å²) in [5.74, 6) is 0.617. The van der Waals surface area contributed by atoms with Crippen LogP contribution >= 0.6 is 0 Å². The number of hydrogen-bond acceptors (Lipinski definition) is 5. The molecule has 2 aliphatic rings. The van der Waals surface area contributed by atoms with Crippen molar-refractivity contribution in [1.82, 2.24) is 10.1 Å². The van der Waals surface area contributed by atoms with Gasteiger partial charge in [-0.2, -0.15) is 0 Å². The van der Waals surface area contributed by atoms with Crippen molar-refractivity contribution >= 4 is 28.7 Å². The van der Waals surface area contributed by atoms with E-state index in [4.69, 9.17) is 9.26 Å². The lowest BCUT2D eigenvalue weighted by Crippen LogP contribution is -2.41. The number of likely N-dealkylation sites (tertiary alicyclic amines) is 1. The van der Waals surface area contributed by atoms with Gasteiger partial charge < -0.3 is 19.5 Å². The molecule has 29 heavy (non-hydrogen) atoms. The highest BCUT2D eigenvalue weighted by Crippen LogP contribution is 2.31. The largest absolute Gasteiger partial charge is 0.444 e. The summed E-state index contributed by atoms with van der Waals surface area (Å²) < 4.78 is 11.0. The van der Waals surface area contributed by atoms with E-state index in [2.05, 4.69) is 16.5 Å². The fraction of sp³-hybridized carbons (Fsp3) is 0.591. The van der Waals surface area contributed by atoms with Crippen LogP contribution in [0, 0.1) is 5.92 Å². The number of carbonyl (C=O) groups is 2. The number of benzene rings is 1. The van der Waals surface area contributed by atoms with E-state index in [-0.39, 0.29) is 12.0 Å². The highest BCUT2D eigenvalue weighted by Gasteiger charge is 2.27. The molecule has 1 N–H and O–H groups in total. The third-order valence-corrected chi connectivity index (χ3v) is 5.72. The van der Waals surface area contributed by atoms with Gasteiger partial charge in [0.1, 0.15) is 5.60 Å². The summed E-state index contributed by atoms with van der Waals surface area (Å²) in [6, 6.07) is 4.00. The van der Waals surface area contributed by atoms with Gasteiger partial charge in [0.15, 0.2) is 5.58 Å². The van der Waals surface area contributed by atoms with Crippen LogP contribution in [0.5, 0.6) is 0 Å². The van der Waals surface area contributed by atoms with E-state index in [0.29, 0.717) is 12.3 Å². The lowest BCUT2D eigenvalue weighted by molar-refractivity contribution is -0.116. The topological polar surface area (TPSA) is 84.7 Å². The van der Waals surface area contributed by atoms with E-state index >= 15 is 0 Å². The molecule has 156 valence electrons. The maximum Gasteiger partial charge on any atom is 0.410 e. The van der Waals surface area contributed by atoms with E-state index in [9.17, 15) is 9.59 Å². The van der Waals surface area contributed by atoms with Crippen molar-refractivity contribution in [3.63, 3.8) is 0 Å². The smallest absolute Gasteiger partial charge is 0.410 e. The Labute approximate surface area is 170 Å². The standard InChI is InChI=1S/C22H29N3O4/c1-22(2,3)28-21(27)25-10-8-14(9-11-25)4-6-17-16-12-15-5-7-20(26)23-18(15)13-19(16)29-24-17/h12-14H,4-11H2,1-3H3,(H,23,26). The quantitative estimate of drug-likeness (QED) is 0.832. The van der Waals surface area contributed by atoms with Crippen molar-refractivity contribution in [2.45, 2.75) is 64.9 Å². The van der Waals surface area contributed by atoms with Crippen LogP contribution in [0.1, 0.15) is 57.7 Å². The minimum atomic E-state index is -0.454. The van der Waals surface area contributed by atoms with Gasteiger partial charge in [-0.05, 0) is 70.4 Å². The predicted octanol–water partition coefficient (Wildman–Crippen LogP) is 4.29. The van der Waals surface area contributed by atoms with Gasteiger partial charge in [0.05, 0.1) is 5.69 Å². The van der Waals surface area contributed by atoms with Crippen LogP contribution in [-0.4, -0.2) is 40.7 Å². The second-order valence-electron chi connectivity index (χ2n) is 9.13. The normalized spacial score (nSPS) is 17.9. The zero-order chi connectivity index (χ0) is 20.6. The first-order chi connectivity index (χ1) is 13.8. The molecule has 0 aliphatic carbocycles. The molecule has 2 amide bonds. The van der Waals surface area contributed by atoms with E-state index < -0.39 is 5.60 Å². The Bertz CT molecular complexity index is 920. The van der Waals surface area contributed by atoms with Gasteiger partial charge in [-0.25, -0.2) is 4.79 Å². The Balaban J connectivity index is 1.34. The zero-order valence-electron chi connectivity index (χ0n) is 17.4. The first-order valence-electron chi connectivity index (χ1n) is 10.5. The molecule has 0 bridgehead atoms. The van der Waals surface area contributed by atoms with Crippen LogP contribution < -0.4 is 5.32 Å². The third-order valence-electron chi connectivity index (χ3n) is 5.72. The number of nitrogens with zero attached hydrogens (tertiary/aromatic N) is 2. The summed E-state index contributed by atoms with van der Waals surface area (Å²) >= 11 is 0. The van der Waals surface area contributed by atoms with E-state index in [1.807, 2.05) is 31.7 Å². The van der Waals surface area contributed by atoms with E-state index in [1.54, 1.807) is 0 Å². The number of piperidine rings is 1. The van der Waals surface area contributed by atoms with Crippen molar-refractivity contribution in [1.29, 1.82) is 0 Å². The van der Waals surface area contributed by atoms with Crippen LogP contribution in [0.25, 0.3) is 11.0 Å². The Morgan fingerprint density at radius 3 is 2.76 bits per heavy atom. The van der Waals surface area contributed by atoms with Crippen molar-refractivity contribution in [2.75, 3.05) is 18.4 Å². The summed E-state index contributed by atoms with van der Waals surface area (Å²) in [7, 11) is 0. The molecule has 0 unspecified atom stereocenters. The summed E-state index contributed by atoms with van der Waals surface area (Å²) in [6.45, 7) is 7.17. The van der Waals surface area contributed by atoms with Crippen molar-refractivity contribution in [3.05, 3.63) is 23.4 Å². The highest BCUT2D eigenvalue weighted by atomic mass is 16.6. The second-order valence-corrected chi connectivity index (χ2v) is 9.13. The van der Waals surface area contributed by atoms with Crippen LogP contribution in [-0.2, 0) is 22.4 Å². The Kier molecular flexibility index (Phi) is 5.23. The minimum absolute atomic E-state index is 0.0503. The number of anilines is 1. The number of hydrogen-bond donors (Lipinski definition) is 1. The van der Waals surface area contributed by atoms with E-state index in [1.165, 1.54) is 0 Å². The fourth-order valence-electron chi connectivity index (χ4n) is 4.12. The number of aryl methyl sites for hydroxylation is 2. The molecule has 2 aliphatic heterocycles. The minimum Gasteiger partial charge on any atom is -0.444 e. The predicted molar refractivity (Wildman–Crippen MR) is 110 cm³/mol. The number of rotatable bonds is 3.